The Morgan fingerprint density at radius 3 is 1.52 bits per heavy atom. The molecule has 23 heavy (non-hydrogen) atoms. The normalized spacial score (nSPS) is 11.0. The number of benzene rings is 2. The molecule has 0 bridgehead atoms. The summed E-state index contributed by atoms with van der Waals surface area (Å²) in [6.45, 7) is 8.29. The summed E-state index contributed by atoms with van der Waals surface area (Å²) >= 11 is 0. The Balaban J connectivity index is 1.97. The van der Waals surface area contributed by atoms with Crippen molar-refractivity contribution in [3.05, 3.63) is 70.8 Å². The van der Waals surface area contributed by atoms with Gasteiger partial charge in [0.2, 0.25) is 0 Å². The quantitative estimate of drug-likeness (QED) is 0.836. The average Bonchev–Trinajstić information content (AvgIpc) is 2.52. The van der Waals surface area contributed by atoms with Crippen molar-refractivity contribution in [3.63, 3.8) is 0 Å². The standard InChI is InChI=1S/C19H22N2O2/c1-13-5-7-14(8-6-13)17(22)20-21-18(23)15-9-11-16(12-10-15)19(2,3)4/h5-12H,1-4H3,(H,20,22)(H,21,23). The van der Waals surface area contributed by atoms with Gasteiger partial charge >= 0.3 is 0 Å². The fourth-order valence-corrected chi connectivity index (χ4v) is 2.08. The van der Waals surface area contributed by atoms with Gasteiger partial charge < -0.3 is 0 Å². The van der Waals surface area contributed by atoms with Gasteiger partial charge in [-0.25, -0.2) is 0 Å². The summed E-state index contributed by atoms with van der Waals surface area (Å²) in [5.74, 6) is -0.685. The maximum absolute atomic E-state index is 12.1. The highest BCUT2D eigenvalue weighted by molar-refractivity contribution is 5.99. The lowest BCUT2D eigenvalue weighted by molar-refractivity contribution is 0.0846. The first-order valence-corrected chi connectivity index (χ1v) is 7.55. The van der Waals surface area contributed by atoms with E-state index in [4.69, 9.17) is 0 Å². The summed E-state index contributed by atoms with van der Waals surface area (Å²) in [7, 11) is 0. The van der Waals surface area contributed by atoms with Gasteiger partial charge in [0.05, 0.1) is 0 Å². The van der Waals surface area contributed by atoms with Crippen LogP contribution in [0, 0.1) is 6.92 Å². The molecule has 0 unspecified atom stereocenters. The monoisotopic (exact) mass is 310 g/mol. The van der Waals surface area contributed by atoms with Gasteiger partial charge in [-0.05, 0) is 42.2 Å². The first kappa shape index (κ1) is 16.7. The molecule has 2 rings (SSSR count). The molecule has 2 N–H and O–H groups in total. The van der Waals surface area contributed by atoms with Gasteiger partial charge in [0.1, 0.15) is 0 Å². The van der Waals surface area contributed by atoms with E-state index in [0.29, 0.717) is 11.1 Å². The molecule has 0 radical (unpaired) electrons. The van der Waals surface area contributed by atoms with Crippen LogP contribution in [0.5, 0.6) is 0 Å². The van der Waals surface area contributed by atoms with Crippen LogP contribution in [-0.2, 0) is 5.41 Å². The van der Waals surface area contributed by atoms with E-state index in [2.05, 4.69) is 31.6 Å². The lowest BCUT2D eigenvalue weighted by atomic mass is 9.87. The first-order chi connectivity index (χ1) is 10.8. The number of rotatable bonds is 2. The molecule has 0 heterocycles. The van der Waals surface area contributed by atoms with E-state index in [1.54, 1.807) is 24.3 Å². The number of hydrogen-bond acceptors (Lipinski definition) is 2. The van der Waals surface area contributed by atoms with Crippen LogP contribution in [0.15, 0.2) is 48.5 Å². The molecule has 0 aromatic heterocycles. The van der Waals surface area contributed by atoms with Crippen LogP contribution in [-0.4, -0.2) is 11.8 Å². The molecule has 0 atom stereocenters. The third kappa shape index (κ3) is 4.42. The summed E-state index contributed by atoms with van der Waals surface area (Å²) in [5, 5.41) is 0. The van der Waals surface area contributed by atoms with Gasteiger partial charge in [-0.1, -0.05) is 50.6 Å². The summed E-state index contributed by atoms with van der Waals surface area (Å²) < 4.78 is 0. The van der Waals surface area contributed by atoms with Crippen molar-refractivity contribution in [1.29, 1.82) is 0 Å². The van der Waals surface area contributed by atoms with E-state index >= 15 is 0 Å². The van der Waals surface area contributed by atoms with Crippen molar-refractivity contribution in [1.82, 2.24) is 10.9 Å². The second kappa shape index (κ2) is 6.65. The highest BCUT2D eigenvalue weighted by Gasteiger charge is 2.14. The molecule has 4 heteroatoms. The van der Waals surface area contributed by atoms with Crippen LogP contribution < -0.4 is 10.9 Å². The fourth-order valence-electron chi connectivity index (χ4n) is 2.08. The van der Waals surface area contributed by atoms with E-state index in [1.807, 2.05) is 31.2 Å². The smallest absolute Gasteiger partial charge is 0.267 e. The Morgan fingerprint density at radius 2 is 1.13 bits per heavy atom. The highest BCUT2D eigenvalue weighted by atomic mass is 16.2. The number of hydrogen-bond donors (Lipinski definition) is 2. The Labute approximate surface area is 136 Å². The molecule has 0 aliphatic rings. The molecule has 2 amide bonds. The molecule has 0 aliphatic carbocycles. The zero-order chi connectivity index (χ0) is 17.0. The molecule has 4 nitrogen and oxygen atoms in total. The highest BCUT2D eigenvalue weighted by Crippen LogP contribution is 2.22. The molecule has 0 fully saturated rings. The van der Waals surface area contributed by atoms with E-state index in [9.17, 15) is 9.59 Å². The van der Waals surface area contributed by atoms with Crippen molar-refractivity contribution in [3.8, 4) is 0 Å². The van der Waals surface area contributed by atoms with Crippen molar-refractivity contribution in [2.45, 2.75) is 33.1 Å². The molecule has 0 aliphatic heterocycles. The van der Waals surface area contributed by atoms with Crippen molar-refractivity contribution in [2.75, 3.05) is 0 Å². The van der Waals surface area contributed by atoms with Crippen LogP contribution in [0.4, 0.5) is 0 Å². The summed E-state index contributed by atoms with van der Waals surface area (Å²) in [6.07, 6.45) is 0. The maximum Gasteiger partial charge on any atom is 0.269 e. The van der Waals surface area contributed by atoms with Crippen molar-refractivity contribution >= 4 is 11.8 Å². The Bertz CT molecular complexity index is 696. The van der Waals surface area contributed by atoms with E-state index < -0.39 is 0 Å². The molecule has 0 saturated heterocycles. The van der Waals surface area contributed by atoms with Gasteiger partial charge in [-0.15, -0.1) is 0 Å². The summed E-state index contributed by atoms with van der Waals surface area (Å²) in [6, 6.07) is 14.5. The van der Waals surface area contributed by atoms with E-state index in [-0.39, 0.29) is 17.2 Å². The van der Waals surface area contributed by atoms with E-state index in [0.717, 1.165) is 11.1 Å². The third-order valence-corrected chi connectivity index (χ3v) is 3.62. The number of amides is 2. The number of carbonyl (C=O) groups is 2. The number of nitrogens with one attached hydrogen (secondary N) is 2. The molecule has 2 aromatic rings. The summed E-state index contributed by atoms with van der Waals surface area (Å²) in [4.78, 5) is 24.0. The van der Waals surface area contributed by atoms with E-state index in [1.165, 1.54) is 0 Å². The zero-order valence-electron chi connectivity index (χ0n) is 13.9. The number of aryl methyl sites for hydroxylation is 1. The predicted octanol–water partition coefficient (Wildman–Crippen LogP) is 3.37. The molecular weight excluding hydrogens is 288 g/mol. The second-order valence-corrected chi connectivity index (χ2v) is 6.60. The molecule has 0 saturated carbocycles. The van der Waals surface area contributed by atoms with Crippen LogP contribution in [0.3, 0.4) is 0 Å². The van der Waals surface area contributed by atoms with Gasteiger partial charge in [0.25, 0.3) is 11.8 Å². The number of hydrazine groups is 1. The Hall–Kier alpha value is -2.62. The van der Waals surface area contributed by atoms with Crippen LogP contribution in [0.2, 0.25) is 0 Å². The van der Waals surface area contributed by atoms with Gasteiger partial charge in [0, 0.05) is 11.1 Å². The minimum absolute atomic E-state index is 0.0364. The number of carbonyl (C=O) groups excluding carboxylic acids is 2. The minimum atomic E-state index is -0.343. The average molecular weight is 310 g/mol. The van der Waals surface area contributed by atoms with Crippen LogP contribution in [0.25, 0.3) is 0 Å². The molecule has 120 valence electrons. The largest absolute Gasteiger partial charge is 0.269 e. The SMILES string of the molecule is Cc1ccc(C(=O)NNC(=O)c2ccc(C(C)(C)C)cc2)cc1. The molecule has 2 aromatic carbocycles. The first-order valence-electron chi connectivity index (χ1n) is 7.55. The second-order valence-electron chi connectivity index (χ2n) is 6.60. The molecule has 0 spiro atoms. The van der Waals surface area contributed by atoms with Crippen LogP contribution >= 0.6 is 0 Å². The zero-order valence-corrected chi connectivity index (χ0v) is 13.9. The predicted molar refractivity (Wildman–Crippen MR) is 91.3 cm³/mol. The van der Waals surface area contributed by atoms with Gasteiger partial charge in [0.15, 0.2) is 0 Å². The lowest BCUT2D eigenvalue weighted by Gasteiger charge is -2.19. The topological polar surface area (TPSA) is 58.2 Å². The van der Waals surface area contributed by atoms with Crippen molar-refractivity contribution < 1.29 is 9.59 Å². The Morgan fingerprint density at radius 1 is 0.739 bits per heavy atom. The summed E-state index contributed by atoms with van der Waals surface area (Å²) in [5.41, 5.74) is 8.12. The van der Waals surface area contributed by atoms with Gasteiger partial charge in [-0.2, -0.15) is 0 Å². The maximum atomic E-state index is 12.1. The van der Waals surface area contributed by atoms with Gasteiger partial charge in [-0.3, -0.25) is 20.4 Å². The minimum Gasteiger partial charge on any atom is -0.267 e. The molecular formula is C19H22N2O2. The lowest BCUT2D eigenvalue weighted by Crippen LogP contribution is -2.41. The third-order valence-electron chi connectivity index (χ3n) is 3.62. The van der Waals surface area contributed by atoms with Crippen LogP contribution in [0.1, 0.15) is 52.6 Å². The van der Waals surface area contributed by atoms with Crippen molar-refractivity contribution in [2.24, 2.45) is 0 Å². The Kier molecular flexibility index (Phi) is 4.84. The fraction of sp³-hybridized carbons (Fsp3) is 0.263.